The molecule has 170 valence electrons. The fraction of sp³-hybridized carbons (Fsp3) is 0.250. The second-order valence-electron chi connectivity index (χ2n) is 7.26. The maximum Gasteiger partial charge on any atom is 0.349 e. The van der Waals surface area contributed by atoms with Crippen LogP contribution in [0.15, 0.2) is 62.4 Å². The molecule has 2 heterocycles. The first-order valence-electron chi connectivity index (χ1n) is 10.7. The topological polar surface area (TPSA) is 117 Å². The van der Waals surface area contributed by atoms with Crippen LogP contribution in [0.2, 0.25) is 0 Å². The van der Waals surface area contributed by atoms with E-state index < -0.39 is 11.5 Å². The maximum absolute atomic E-state index is 12.8. The largest absolute Gasteiger partial charge is 0.490 e. The second-order valence-corrected chi connectivity index (χ2v) is 7.26. The Bertz CT molecular complexity index is 1330. The zero-order valence-corrected chi connectivity index (χ0v) is 18.3. The molecule has 0 saturated carbocycles. The van der Waals surface area contributed by atoms with Gasteiger partial charge in [0.25, 0.3) is 5.91 Å². The van der Waals surface area contributed by atoms with Crippen LogP contribution in [0.25, 0.3) is 22.2 Å². The quantitative estimate of drug-likeness (QED) is 0.366. The number of rotatable bonds is 9. The third-order valence-electron chi connectivity index (χ3n) is 4.75. The van der Waals surface area contributed by atoms with E-state index in [2.05, 4.69) is 15.6 Å². The van der Waals surface area contributed by atoms with Gasteiger partial charge in [-0.25, -0.2) is 9.42 Å². The second kappa shape index (κ2) is 9.99. The van der Waals surface area contributed by atoms with Crippen LogP contribution < -0.4 is 20.4 Å². The van der Waals surface area contributed by atoms with Gasteiger partial charge in [-0.1, -0.05) is 32.0 Å². The van der Waals surface area contributed by atoms with Crippen molar-refractivity contribution in [1.29, 1.82) is 0 Å². The van der Waals surface area contributed by atoms with Crippen molar-refractivity contribution < 1.29 is 23.3 Å². The minimum absolute atomic E-state index is 0.0660. The lowest BCUT2D eigenvalue weighted by Crippen LogP contribution is -2.21. The Hall–Kier alpha value is -4.14. The number of nitrogens with zero attached hydrogens (tertiary/aromatic N) is 2. The summed E-state index contributed by atoms with van der Waals surface area (Å²) in [4.78, 5) is 25.1. The predicted octanol–water partition coefficient (Wildman–Crippen LogP) is 4.67. The molecule has 0 aliphatic heterocycles. The van der Waals surface area contributed by atoms with E-state index in [-0.39, 0.29) is 17.1 Å². The molecule has 4 rings (SSSR count). The van der Waals surface area contributed by atoms with Crippen molar-refractivity contribution in [2.24, 2.45) is 0 Å². The maximum atomic E-state index is 12.8. The Labute approximate surface area is 189 Å². The number of benzene rings is 2. The van der Waals surface area contributed by atoms with Gasteiger partial charge in [-0.15, -0.1) is 0 Å². The van der Waals surface area contributed by atoms with E-state index in [0.29, 0.717) is 41.2 Å². The Morgan fingerprint density at radius 3 is 2.52 bits per heavy atom. The average Bonchev–Trinajstić information content (AvgIpc) is 3.29. The molecule has 0 saturated heterocycles. The van der Waals surface area contributed by atoms with Crippen LogP contribution in [-0.2, 0) is 0 Å². The summed E-state index contributed by atoms with van der Waals surface area (Å²) in [6.45, 7) is 5.11. The number of anilines is 1. The smallest absolute Gasteiger partial charge is 0.349 e. The Morgan fingerprint density at radius 2 is 1.73 bits per heavy atom. The molecule has 1 N–H and O–H groups in total. The first-order valence-corrected chi connectivity index (χ1v) is 10.7. The average molecular weight is 449 g/mol. The molecule has 0 fully saturated rings. The number of hydrogen-bond acceptors (Lipinski definition) is 8. The van der Waals surface area contributed by atoms with Crippen molar-refractivity contribution in [2.75, 3.05) is 18.5 Å². The number of fused-ring (bicyclic) bond motifs is 1. The van der Waals surface area contributed by atoms with Gasteiger partial charge in [-0.05, 0) is 53.5 Å². The van der Waals surface area contributed by atoms with Crippen molar-refractivity contribution >= 4 is 22.7 Å². The number of aromatic nitrogens is 2. The van der Waals surface area contributed by atoms with Gasteiger partial charge < -0.3 is 19.2 Å². The summed E-state index contributed by atoms with van der Waals surface area (Å²) in [7, 11) is 0. The monoisotopic (exact) mass is 449 g/mol. The van der Waals surface area contributed by atoms with Gasteiger partial charge in [-0.2, -0.15) is 0 Å². The first kappa shape index (κ1) is 22.1. The molecule has 9 nitrogen and oxygen atoms in total. The SMILES string of the molecule is CCCOc1ccc(-c2nonc2NC(=O)c2cc3ccccc3oc2=O)cc1OCCC. The van der Waals surface area contributed by atoms with Crippen LogP contribution >= 0.6 is 0 Å². The van der Waals surface area contributed by atoms with Crippen LogP contribution in [0.4, 0.5) is 5.82 Å². The third kappa shape index (κ3) is 4.87. The molecule has 2 aromatic carbocycles. The summed E-state index contributed by atoms with van der Waals surface area (Å²) in [6, 6.07) is 13.7. The van der Waals surface area contributed by atoms with E-state index in [1.165, 1.54) is 6.07 Å². The van der Waals surface area contributed by atoms with Crippen molar-refractivity contribution in [2.45, 2.75) is 26.7 Å². The summed E-state index contributed by atoms with van der Waals surface area (Å²) in [6.07, 6.45) is 1.69. The van der Waals surface area contributed by atoms with Crippen LogP contribution in [0.3, 0.4) is 0 Å². The lowest BCUT2D eigenvalue weighted by atomic mass is 10.1. The zero-order valence-electron chi connectivity index (χ0n) is 18.3. The highest BCUT2D eigenvalue weighted by molar-refractivity contribution is 6.06. The van der Waals surface area contributed by atoms with Crippen molar-refractivity contribution in [3.05, 3.63) is 64.5 Å². The minimum atomic E-state index is -0.753. The van der Waals surface area contributed by atoms with Gasteiger partial charge in [0.15, 0.2) is 17.2 Å². The highest BCUT2D eigenvalue weighted by Gasteiger charge is 2.20. The number of para-hydroxylation sites is 1. The molecular formula is C24H23N3O6. The summed E-state index contributed by atoms with van der Waals surface area (Å²) >= 11 is 0. The van der Waals surface area contributed by atoms with E-state index >= 15 is 0 Å². The van der Waals surface area contributed by atoms with Crippen LogP contribution in [0.1, 0.15) is 37.0 Å². The Morgan fingerprint density at radius 1 is 0.970 bits per heavy atom. The lowest BCUT2D eigenvalue weighted by Gasteiger charge is -2.13. The predicted molar refractivity (Wildman–Crippen MR) is 122 cm³/mol. The fourth-order valence-electron chi connectivity index (χ4n) is 3.17. The summed E-state index contributed by atoms with van der Waals surface area (Å²) < 4.78 is 21.7. The van der Waals surface area contributed by atoms with E-state index in [4.69, 9.17) is 18.5 Å². The standard InChI is InChI=1S/C24H23N3O6/c1-3-11-30-19-10-9-16(14-20(19)31-12-4-2)21-22(27-33-26-21)25-23(28)17-13-15-7-5-6-8-18(15)32-24(17)29/h5-10,13-14H,3-4,11-12H2,1-2H3,(H,25,27,28). The molecule has 9 heteroatoms. The molecule has 33 heavy (non-hydrogen) atoms. The molecule has 1 amide bonds. The minimum Gasteiger partial charge on any atom is -0.490 e. The van der Waals surface area contributed by atoms with Gasteiger partial charge in [0.1, 0.15) is 11.1 Å². The van der Waals surface area contributed by atoms with Crippen LogP contribution in [0.5, 0.6) is 11.5 Å². The highest BCUT2D eigenvalue weighted by Crippen LogP contribution is 2.34. The third-order valence-corrected chi connectivity index (χ3v) is 4.75. The molecule has 0 spiro atoms. The zero-order chi connectivity index (χ0) is 23.2. The molecule has 0 aliphatic carbocycles. The Kier molecular flexibility index (Phi) is 6.68. The number of amides is 1. The normalized spacial score (nSPS) is 10.8. The number of hydrogen-bond donors (Lipinski definition) is 1. The molecular weight excluding hydrogens is 426 g/mol. The first-order chi connectivity index (χ1) is 16.1. The number of nitrogens with one attached hydrogen (secondary N) is 1. The van der Waals surface area contributed by atoms with Gasteiger partial charge in [-0.3, -0.25) is 4.79 Å². The molecule has 0 unspecified atom stereocenters. The number of carbonyl (C=O) groups is 1. The molecule has 0 aliphatic rings. The van der Waals surface area contributed by atoms with Crippen molar-refractivity contribution in [3.63, 3.8) is 0 Å². The van der Waals surface area contributed by atoms with E-state index in [9.17, 15) is 9.59 Å². The van der Waals surface area contributed by atoms with E-state index in [1.807, 2.05) is 13.8 Å². The fourth-order valence-corrected chi connectivity index (χ4v) is 3.17. The highest BCUT2D eigenvalue weighted by atomic mass is 16.6. The Balaban J connectivity index is 1.62. The van der Waals surface area contributed by atoms with E-state index in [0.717, 1.165) is 12.8 Å². The lowest BCUT2D eigenvalue weighted by molar-refractivity contribution is 0.102. The van der Waals surface area contributed by atoms with Gasteiger partial charge >= 0.3 is 5.63 Å². The number of ether oxygens (including phenoxy) is 2. The summed E-state index contributed by atoms with van der Waals surface area (Å²) in [5, 5.41) is 10.9. The van der Waals surface area contributed by atoms with Gasteiger partial charge in [0.05, 0.1) is 13.2 Å². The molecule has 4 aromatic rings. The number of carbonyl (C=O) groups excluding carboxylic acids is 1. The molecule has 0 radical (unpaired) electrons. The van der Waals surface area contributed by atoms with E-state index in [1.54, 1.807) is 42.5 Å². The van der Waals surface area contributed by atoms with Crippen LogP contribution in [0, 0.1) is 0 Å². The summed E-state index contributed by atoms with van der Waals surface area (Å²) in [5.74, 6) is 0.552. The molecule has 2 aromatic heterocycles. The molecule has 0 atom stereocenters. The van der Waals surface area contributed by atoms with Crippen molar-refractivity contribution in [3.8, 4) is 22.8 Å². The van der Waals surface area contributed by atoms with Gasteiger partial charge in [0.2, 0.25) is 5.82 Å². The molecule has 0 bridgehead atoms. The summed E-state index contributed by atoms with van der Waals surface area (Å²) in [5.41, 5.74) is 0.381. The van der Waals surface area contributed by atoms with Crippen molar-refractivity contribution in [1.82, 2.24) is 10.3 Å². The van der Waals surface area contributed by atoms with Gasteiger partial charge in [0, 0.05) is 10.9 Å². The van der Waals surface area contributed by atoms with Crippen LogP contribution in [-0.4, -0.2) is 29.4 Å².